The third-order valence-corrected chi connectivity index (χ3v) is 5.59. The largest absolute Gasteiger partial charge is 0.450 e. The fraction of sp³-hybridized carbons (Fsp3) is 0.300. The maximum atomic E-state index is 12.6. The third kappa shape index (κ3) is 3.59. The van der Waals surface area contributed by atoms with Crippen molar-refractivity contribution in [3.63, 3.8) is 0 Å². The van der Waals surface area contributed by atoms with Gasteiger partial charge in [0.2, 0.25) is 0 Å². The molecule has 1 fully saturated rings. The molecule has 3 N–H and O–H groups in total. The van der Waals surface area contributed by atoms with Gasteiger partial charge in [0.05, 0.1) is 34.1 Å². The Morgan fingerprint density at radius 3 is 2.48 bits per heavy atom. The minimum absolute atomic E-state index is 0.0279. The van der Waals surface area contributed by atoms with Crippen LogP contribution in [-0.4, -0.2) is 60.2 Å². The summed E-state index contributed by atoms with van der Waals surface area (Å²) < 4.78 is 6.17. The second-order valence-electron chi connectivity index (χ2n) is 7.08. The molecule has 1 aromatic carbocycles. The van der Waals surface area contributed by atoms with Crippen LogP contribution in [-0.2, 0) is 4.74 Å². The molecule has 0 bridgehead atoms. The van der Waals surface area contributed by atoms with Gasteiger partial charge in [-0.3, -0.25) is 24.3 Å². The number of carbonyl (C=O) groups excluding carboxylic acids is 3. The standard InChI is InChI=1S/C20H20ClN5O5/c1-2-31-20(30)25-7-5-24(6-8-25)14-4-3-11(9-13(14)21)26-15(27)10-12-16(17(26)22)19(29)23-18(12)28/h3-4,9-10H,2,5-8,22H2,1H3,(H,23,28,29). The Kier molecular flexibility index (Phi) is 5.32. The zero-order valence-corrected chi connectivity index (χ0v) is 17.4. The molecule has 2 aliphatic heterocycles. The lowest BCUT2D eigenvalue weighted by molar-refractivity contribution is 0.0879. The highest BCUT2D eigenvalue weighted by atomic mass is 35.5. The summed E-state index contributed by atoms with van der Waals surface area (Å²) >= 11 is 6.50. The number of nitrogens with zero attached hydrogens (tertiary/aromatic N) is 3. The van der Waals surface area contributed by atoms with E-state index in [1.54, 1.807) is 30.0 Å². The van der Waals surface area contributed by atoms with Gasteiger partial charge in [0.1, 0.15) is 5.82 Å². The molecule has 0 aliphatic carbocycles. The van der Waals surface area contributed by atoms with Crippen LogP contribution >= 0.6 is 11.6 Å². The highest BCUT2D eigenvalue weighted by Crippen LogP contribution is 2.30. The first kappa shape index (κ1) is 20.7. The number of nitrogen functional groups attached to an aromatic ring is 1. The number of fused-ring (bicyclic) bond motifs is 1. The first-order chi connectivity index (χ1) is 14.8. The highest BCUT2D eigenvalue weighted by Gasteiger charge is 2.32. The summed E-state index contributed by atoms with van der Waals surface area (Å²) in [6.07, 6.45) is -0.336. The monoisotopic (exact) mass is 445 g/mol. The lowest BCUT2D eigenvalue weighted by atomic mass is 10.1. The average Bonchev–Trinajstić information content (AvgIpc) is 3.02. The maximum Gasteiger partial charge on any atom is 0.409 e. The van der Waals surface area contributed by atoms with Gasteiger partial charge in [-0.25, -0.2) is 4.79 Å². The zero-order chi connectivity index (χ0) is 22.3. The second kappa shape index (κ2) is 7.95. The number of nitrogens with one attached hydrogen (secondary N) is 1. The number of halogens is 1. The van der Waals surface area contributed by atoms with Crippen LogP contribution in [0.2, 0.25) is 5.02 Å². The van der Waals surface area contributed by atoms with Gasteiger partial charge >= 0.3 is 6.09 Å². The fourth-order valence-electron chi connectivity index (χ4n) is 3.78. The number of aromatic nitrogens is 1. The van der Waals surface area contributed by atoms with Crippen molar-refractivity contribution in [2.45, 2.75) is 6.92 Å². The number of rotatable bonds is 3. The van der Waals surface area contributed by atoms with Crippen molar-refractivity contribution in [2.24, 2.45) is 0 Å². The number of carbonyl (C=O) groups is 3. The van der Waals surface area contributed by atoms with E-state index in [1.165, 1.54) is 0 Å². The Morgan fingerprint density at radius 2 is 1.84 bits per heavy atom. The van der Waals surface area contributed by atoms with E-state index < -0.39 is 17.4 Å². The predicted molar refractivity (Wildman–Crippen MR) is 114 cm³/mol. The van der Waals surface area contributed by atoms with E-state index in [2.05, 4.69) is 5.32 Å². The number of pyridine rings is 1. The van der Waals surface area contributed by atoms with Crippen molar-refractivity contribution in [3.05, 3.63) is 50.8 Å². The SMILES string of the molecule is CCOC(=O)N1CCN(c2ccc(-n3c(N)c4c(cc3=O)C(=O)NC4=O)cc2Cl)CC1. The summed E-state index contributed by atoms with van der Waals surface area (Å²) in [5, 5.41) is 2.52. The number of hydrogen-bond acceptors (Lipinski definition) is 7. The van der Waals surface area contributed by atoms with Crippen molar-refractivity contribution < 1.29 is 19.1 Å². The minimum Gasteiger partial charge on any atom is -0.450 e. The van der Waals surface area contributed by atoms with E-state index in [-0.39, 0.29) is 23.0 Å². The number of benzene rings is 1. The fourth-order valence-corrected chi connectivity index (χ4v) is 4.08. The summed E-state index contributed by atoms with van der Waals surface area (Å²) in [7, 11) is 0. The molecule has 31 heavy (non-hydrogen) atoms. The van der Waals surface area contributed by atoms with Crippen LogP contribution in [0.3, 0.4) is 0 Å². The molecule has 2 aliphatic rings. The number of nitrogens with two attached hydrogens (primary N) is 1. The second-order valence-corrected chi connectivity index (χ2v) is 7.49. The lowest BCUT2D eigenvalue weighted by Crippen LogP contribution is -2.49. The first-order valence-electron chi connectivity index (χ1n) is 9.69. The van der Waals surface area contributed by atoms with Gasteiger partial charge in [-0.2, -0.15) is 0 Å². The zero-order valence-electron chi connectivity index (χ0n) is 16.7. The normalized spacial score (nSPS) is 15.7. The van der Waals surface area contributed by atoms with Crippen molar-refractivity contribution in [2.75, 3.05) is 43.4 Å². The molecule has 0 spiro atoms. The van der Waals surface area contributed by atoms with Gasteiger partial charge in [-0.1, -0.05) is 11.6 Å². The average molecular weight is 446 g/mol. The van der Waals surface area contributed by atoms with Crippen LogP contribution in [0.1, 0.15) is 27.6 Å². The third-order valence-electron chi connectivity index (χ3n) is 5.29. The van der Waals surface area contributed by atoms with Crippen LogP contribution < -0.4 is 21.5 Å². The molecule has 11 heteroatoms. The topological polar surface area (TPSA) is 127 Å². The van der Waals surface area contributed by atoms with Crippen LogP contribution in [0.25, 0.3) is 5.69 Å². The van der Waals surface area contributed by atoms with E-state index in [9.17, 15) is 19.2 Å². The van der Waals surface area contributed by atoms with Crippen molar-refractivity contribution in [1.82, 2.24) is 14.8 Å². The van der Waals surface area contributed by atoms with E-state index in [4.69, 9.17) is 22.1 Å². The van der Waals surface area contributed by atoms with Crippen LogP contribution in [0.15, 0.2) is 29.1 Å². The lowest BCUT2D eigenvalue weighted by Gasteiger charge is -2.35. The van der Waals surface area contributed by atoms with Gasteiger partial charge in [-0.15, -0.1) is 0 Å². The molecule has 1 aromatic heterocycles. The number of piperazine rings is 1. The van der Waals surface area contributed by atoms with E-state index in [1.807, 2.05) is 4.90 Å². The molecular weight excluding hydrogens is 426 g/mol. The Balaban J connectivity index is 1.61. The molecule has 3 amide bonds. The van der Waals surface area contributed by atoms with E-state index in [0.29, 0.717) is 43.5 Å². The van der Waals surface area contributed by atoms with Crippen molar-refractivity contribution in [1.29, 1.82) is 0 Å². The van der Waals surface area contributed by atoms with Gasteiger partial charge in [0, 0.05) is 32.2 Å². The number of imide groups is 1. The van der Waals surface area contributed by atoms with Gasteiger partial charge in [0.25, 0.3) is 17.4 Å². The Labute approximate surface area is 182 Å². The molecule has 0 saturated carbocycles. The Bertz CT molecular complexity index is 1150. The summed E-state index contributed by atoms with van der Waals surface area (Å²) in [5.74, 6) is -1.42. The number of anilines is 2. The molecular formula is C20H20ClN5O5. The molecule has 0 atom stereocenters. The molecule has 4 rings (SSSR count). The molecule has 0 unspecified atom stereocenters. The summed E-state index contributed by atoms with van der Waals surface area (Å²) in [6, 6.07) is 6.08. The van der Waals surface area contributed by atoms with Crippen LogP contribution in [0.4, 0.5) is 16.3 Å². The molecule has 162 valence electrons. The highest BCUT2D eigenvalue weighted by molar-refractivity contribution is 6.33. The minimum atomic E-state index is -0.647. The van der Waals surface area contributed by atoms with Crippen LogP contribution in [0.5, 0.6) is 0 Å². The molecule has 0 radical (unpaired) electrons. The van der Waals surface area contributed by atoms with E-state index in [0.717, 1.165) is 16.3 Å². The van der Waals surface area contributed by atoms with Crippen molar-refractivity contribution >= 4 is 41.0 Å². The molecule has 10 nitrogen and oxygen atoms in total. The van der Waals surface area contributed by atoms with Crippen LogP contribution in [0, 0.1) is 0 Å². The number of ether oxygens (including phenoxy) is 1. The number of amides is 3. The van der Waals surface area contributed by atoms with Gasteiger partial charge in [0.15, 0.2) is 0 Å². The number of hydrogen-bond donors (Lipinski definition) is 2. The summed E-state index contributed by atoms with van der Waals surface area (Å²) in [5.41, 5.74) is 6.57. The van der Waals surface area contributed by atoms with E-state index >= 15 is 0 Å². The summed E-state index contributed by atoms with van der Waals surface area (Å²) in [4.78, 5) is 52.0. The smallest absolute Gasteiger partial charge is 0.409 e. The molecule has 2 aromatic rings. The maximum absolute atomic E-state index is 12.6. The molecule has 1 saturated heterocycles. The Morgan fingerprint density at radius 1 is 1.13 bits per heavy atom. The van der Waals surface area contributed by atoms with Gasteiger partial charge < -0.3 is 20.3 Å². The summed E-state index contributed by atoms with van der Waals surface area (Å²) in [6.45, 7) is 4.23. The quantitative estimate of drug-likeness (QED) is 0.680. The van der Waals surface area contributed by atoms with Crippen molar-refractivity contribution in [3.8, 4) is 5.69 Å². The predicted octanol–water partition coefficient (Wildman–Crippen LogP) is 1.24. The molecule has 3 heterocycles. The Hall–Kier alpha value is -3.53. The van der Waals surface area contributed by atoms with Gasteiger partial charge in [-0.05, 0) is 25.1 Å². The first-order valence-corrected chi connectivity index (χ1v) is 10.1.